The monoisotopic (exact) mass is 388 g/mol. The van der Waals surface area contributed by atoms with Gasteiger partial charge in [0.2, 0.25) is 5.91 Å². The summed E-state index contributed by atoms with van der Waals surface area (Å²) in [6.45, 7) is 4.95. The van der Waals surface area contributed by atoms with E-state index in [9.17, 15) is 4.79 Å². The molecule has 0 spiro atoms. The zero-order chi connectivity index (χ0) is 19.2. The number of carbonyl (C=O) groups is 1. The van der Waals surface area contributed by atoms with Gasteiger partial charge in [-0.05, 0) is 43.0 Å². The zero-order valence-electron chi connectivity index (χ0n) is 16.3. The molecule has 1 saturated carbocycles. The number of benzene rings is 1. The van der Waals surface area contributed by atoms with Crippen LogP contribution in [0.25, 0.3) is 11.4 Å². The first kappa shape index (κ1) is 19.7. The van der Waals surface area contributed by atoms with Crippen molar-refractivity contribution in [1.82, 2.24) is 20.1 Å². The van der Waals surface area contributed by atoms with Crippen LogP contribution in [0.1, 0.15) is 39.5 Å². The number of nitrogens with zero attached hydrogens (tertiary/aromatic N) is 3. The molecule has 1 fully saturated rings. The quantitative estimate of drug-likeness (QED) is 0.699. The third kappa shape index (κ3) is 5.48. The third-order valence-corrected chi connectivity index (χ3v) is 5.60. The smallest absolute Gasteiger partial charge is 0.230 e. The van der Waals surface area contributed by atoms with Gasteiger partial charge in [0.25, 0.3) is 0 Å². The first-order chi connectivity index (χ1) is 13.0. The Kier molecular flexibility index (Phi) is 6.77. The number of carbonyl (C=O) groups excluding carboxylic acids is 1. The Hall–Kier alpha value is -2.02. The SMILES string of the molecule is CC(C)COc1ccc(-c2nnc(SCC(=O)NC3CCCC3)n2C)cc1. The van der Waals surface area contributed by atoms with Crippen molar-refractivity contribution in [2.75, 3.05) is 12.4 Å². The van der Waals surface area contributed by atoms with E-state index in [1.165, 1.54) is 24.6 Å². The summed E-state index contributed by atoms with van der Waals surface area (Å²) >= 11 is 1.42. The fourth-order valence-corrected chi connectivity index (χ4v) is 3.85. The summed E-state index contributed by atoms with van der Waals surface area (Å²) in [6.07, 6.45) is 4.63. The van der Waals surface area contributed by atoms with Crippen molar-refractivity contribution >= 4 is 17.7 Å². The van der Waals surface area contributed by atoms with Gasteiger partial charge in [0.15, 0.2) is 11.0 Å². The van der Waals surface area contributed by atoms with Gasteiger partial charge < -0.3 is 14.6 Å². The van der Waals surface area contributed by atoms with Crippen molar-refractivity contribution in [3.8, 4) is 17.1 Å². The minimum Gasteiger partial charge on any atom is -0.493 e. The van der Waals surface area contributed by atoms with E-state index < -0.39 is 0 Å². The molecule has 1 aromatic carbocycles. The lowest BCUT2D eigenvalue weighted by molar-refractivity contribution is -0.119. The highest BCUT2D eigenvalue weighted by Gasteiger charge is 2.18. The fraction of sp³-hybridized carbons (Fsp3) is 0.550. The Labute approximate surface area is 165 Å². The molecule has 0 aliphatic heterocycles. The summed E-state index contributed by atoms with van der Waals surface area (Å²) in [5, 5.41) is 12.4. The van der Waals surface area contributed by atoms with Gasteiger partial charge in [0.05, 0.1) is 12.4 Å². The largest absolute Gasteiger partial charge is 0.493 e. The second-order valence-corrected chi connectivity index (χ2v) is 8.37. The molecular formula is C20H28N4O2S. The van der Waals surface area contributed by atoms with Crippen molar-refractivity contribution in [2.45, 2.75) is 50.7 Å². The van der Waals surface area contributed by atoms with Crippen LogP contribution in [0.5, 0.6) is 5.75 Å². The molecule has 0 radical (unpaired) electrons. The highest BCUT2D eigenvalue weighted by atomic mass is 32.2. The molecule has 1 heterocycles. The summed E-state index contributed by atoms with van der Waals surface area (Å²) in [7, 11) is 1.93. The number of thioether (sulfide) groups is 1. The average Bonchev–Trinajstić information content (AvgIpc) is 3.28. The normalized spacial score (nSPS) is 14.7. The Morgan fingerprint density at radius 2 is 1.96 bits per heavy atom. The van der Waals surface area contributed by atoms with Crippen molar-refractivity contribution in [3.63, 3.8) is 0 Å². The first-order valence-corrected chi connectivity index (χ1v) is 10.6. The summed E-state index contributed by atoms with van der Waals surface area (Å²) in [6, 6.07) is 8.23. The van der Waals surface area contributed by atoms with E-state index in [1.54, 1.807) is 0 Å². The molecule has 1 N–H and O–H groups in total. The van der Waals surface area contributed by atoms with Crippen LogP contribution in [0, 0.1) is 5.92 Å². The van der Waals surface area contributed by atoms with Crippen molar-refractivity contribution in [2.24, 2.45) is 13.0 Å². The Morgan fingerprint density at radius 1 is 1.26 bits per heavy atom. The molecule has 0 bridgehead atoms. The van der Waals surface area contributed by atoms with Crippen LogP contribution in [-0.4, -0.2) is 39.1 Å². The molecule has 1 amide bonds. The number of rotatable bonds is 8. The molecule has 27 heavy (non-hydrogen) atoms. The third-order valence-electron chi connectivity index (χ3n) is 4.58. The summed E-state index contributed by atoms with van der Waals surface area (Å²) in [5.74, 6) is 2.57. The van der Waals surface area contributed by atoms with Crippen LogP contribution in [0.15, 0.2) is 29.4 Å². The van der Waals surface area contributed by atoms with Gasteiger partial charge in [0.1, 0.15) is 5.75 Å². The second-order valence-electron chi connectivity index (χ2n) is 7.43. The number of hydrogen-bond acceptors (Lipinski definition) is 5. The highest BCUT2D eigenvalue weighted by molar-refractivity contribution is 7.99. The molecular weight excluding hydrogens is 360 g/mol. The van der Waals surface area contributed by atoms with E-state index in [0.29, 0.717) is 24.3 Å². The van der Waals surface area contributed by atoms with Crippen molar-refractivity contribution < 1.29 is 9.53 Å². The minimum atomic E-state index is 0.0723. The second kappa shape index (κ2) is 9.26. The standard InChI is InChI=1S/C20H28N4O2S/c1-14(2)12-26-17-10-8-15(9-11-17)19-22-23-20(24(19)3)27-13-18(25)21-16-6-4-5-7-16/h8-11,14,16H,4-7,12-13H2,1-3H3,(H,21,25). The molecule has 1 aliphatic rings. The topological polar surface area (TPSA) is 69.0 Å². The van der Waals surface area contributed by atoms with Gasteiger partial charge in [-0.15, -0.1) is 10.2 Å². The van der Waals surface area contributed by atoms with Crippen LogP contribution in [-0.2, 0) is 11.8 Å². The average molecular weight is 389 g/mol. The number of aromatic nitrogens is 3. The lowest BCUT2D eigenvalue weighted by atomic mass is 10.2. The molecule has 146 valence electrons. The lowest BCUT2D eigenvalue weighted by Crippen LogP contribution is -2.33. The molecule has 3 rings (SSSR count). The lowest BCUT2D eigenvalue weighted by Gasteiger charge is -2.11. The molecule has 0 atom stereocenters. The molecule has 7 heteroatoms. The Balaban J connectivity index is 1.57. The maximum Gasteiger partial charge on any atom is 0.230 e. The number of nitrogens with one attached hydrogen (secondary N) is 1. The van der Waals surface area contributed by atoms with Gasteiger partial charge in [-0.2, -0.15) is 0 Å². The molecule has 6 nitrogen and oxygen atoms in total. The number of ether oxygens (including phenoxy) is 1. The number of amides is 1. The van der Waals surface area contributed by atoms with E-state index in [1.807, 2.05) is 35.9 Å². The predicted octanol–water partition coefficient (Wildman–Crippen LogP) is 3.67. The number of hydrogen-bond donors (Lipinski definition) is 1. The van der Waals surface area contributed by atoms with Crippen LogP contribution in [0.4, 0.5) is 0 Å². The molecule has 1 aliphatic carbocycles. The van der Waals surface area contributed by atoms with Crippen molar-refractivity contribution in [3.05, 3.63) is 24.3 Å². The maximum atomic E-state index is 12.1. The van der Waals surface area contributed by atoms with Gasteiger partial charge in [-0.1, -0.05) is 38.5 Å². The predicted molar refractivity (Wildman–Crippen MR) is 108 cm³/mol. The first-order valence-electron chi connectivity index (χ1n) is 9.57. The van der Waals surface area contributed by atoms with Gasteiger partial charge >= 0.3 is 0 Å². The Bertz CT molecular complexity index is 752. The van der Waals surface area contributed by atoms with E-state index in [4.69, 9.17) is 4.74 Å². The van der Waals surface area contributed by atoms with Crippen LogP contribution >= 0.6 is 11.8 Å². The summed E-state index contributed by atoms with van der Waals surface area (Å²) in [4.78, 5) is 12.1. The van der Waals surface area contributed by atoms with Gasteiger partial charge in [0, 0.05) is 18.7 Å². The molecule has 0 unspecified atom stereocenters. The van der Waals surface area contributed by atoms with E-state index in [-0.39, 0.29) is 5.91 Å². The van der Waals surface area contributed by atoms with Gasteiger partial charge in [-0.25, -0.2) is 0 Å². The van der Waals surface area contributed by atoms with Crippen LogP contribution in [0.3, 0.4) is 0 Å². The van der Waals surface area contributed by atoms with Gasteiger partial charge in [-0.3, -0.25) is 4.79 Å². The highest BCUT2D eigenvalue weighted by Crippen LogP contribution is 2.25. The molecule has 1 aromatic heterocycles. The van der Waals surface area contributed by atoms with Crippen molar-refractivity contribution in [1.29, 1.82) is 0 Å². The van der Waals surface area contributed by atoms with Crippen LogP contribution in [0.2, 0.25) is 0 Å². The van der Waals surface area contributed by atoms with Crippen LogP contribution < -0.4 is 10.1 Å². The zero-order valence-corrected chi connectivity index (χ0v) is 17.1. The summed E-state index contributed by atoms with van der Waals surface area (Å²) in [5.41, 5.74) is 0.976. The summed E-state index contributed by atoms with van der Waals surface area (Å²) < 4.78 is 7.65. The fourth-order valence-electron chi connectivity index (χ4n) is 3.12. The molecule has 0 saturated heterocycles. The minimum absolute atomic E-state index is 0.0723. The molecule has 2 aromatic rings. The maximum absolute atomic E-state index is 12.1. The van der Waals surface area contributed by atoms with E-state index >= 15 is 0 Å². The van der Waals surface area contributed by atoms with E-state index in [0.717, 1.165) is 35.1 Å². The Morgan fingerprint density at radius 3 is 2.63 bits per heavy atom. The van der Waals surface area contributed by atoms with E-state index in [2.05, 4.69) is 29.4 Å².